The molecule has 0 bridgehead atoms. The molecule has 3 rings (SSSR count). The summed E-state index contributed by atoms with van der Waals surface area (Å²) < 4.78 is 5.98. The zero-order chi connectivity index (χ0) is 18.4. The largest absolute Gasteiger partial charge is 0.439 e. The van der Waals surface area contributed by atoms with Gasteiger partial charge in [-0.05, 0) is 55.5 Å². The van der Waals surface area contributed by atoms with Crippen molar-refractivity contribution in [1.82, 2.24) is 10.3 Å². The molecule has 1 heterocycles. The molecule has 1 aromatic carbocycles. The number of nitrogens with one attached hydrogen (secondary N) is 1. The molecule has 0 spiro atoms. The monoisotopic (exact) mass is 353 g/mol. The van der Waals surface area contributed by atoms with Crippen LogP contribution in [0.2, 0.25) is 0 Å². The minimum absolute atomic E-state index is 0.379. The third-order valence-electron chi connectivity index (χ3n) is 4.89. The van der Waals surface area contributed by atoms with Crippen molar-refractivity contribution in [3.63, 3.8) is 0 Å². The lowest BCUT2D eigenvalue weighted by molar-refractivity contribution is 0.1000. The van der Waals surface area contributed by atoms with Gasteiger partial charge in [0.1, 0.15) is 5.75 Å². The number of rotatable bonds is 8. The molecule has 5 nitrogen and oxygen atoms in total. The molecule has 1 atom stereocenters. The highest BCUT2D eigenvalue weighted by molar-refractivity contribution is 5.92. The molecular weight excluding hydrogens is 326 g/mol. The maximum absolute atomic E-state index is 11.1. The summed E-state index contributed by atoms with van der Waals surface area (Å²) in [6.45, 7) is 3.33. The van der Waals surface area contributed by atoms with E-state index in [4.69, 9.17) is 10.5 Å². The normalized spacial score (nSPS) is 16.1. The maximum atomic E-state index is 11.1. The van der Waals surface area contributed by atoms with E-state index in [0.29, 0.717) is 17.5 Å². The van der Waals surface area contributed by atoms with Gasteiger partial charge in [0.05, 0.1) is 5.56 Å². The number of carbonyl (C=O) groups is 1. The second-order valence-corrected chi connectivity index (χ2v) is 6.85. The number of primary amides is 1. The number of nitrogens with zero attached hydrogens (tertiary/aromatic N) is 1. The van der Waals surface area contributed by atoms with Crippen LogP contribution in [0, 0.1) is 0 Å². The number of hydrogen-bond acceptors (Lipinski definition) is 4. The first-order chi connectivity index (χ1) is 12.7. The Labute approximate surface area is 155 Å². The second kappa shape index (κ2) is 8.81. The van der Waals surface area contributed by atoms with Crippen LogP contribution in [0.25, 0.3) is 0 Å². The van der Waals surface area contributed by atoms with Crippen molar-refractivity contribution >= 4 is 5.91 Å². The smallest absolute Gasteiger partial charge is 0.250 e. The van der Waals surface area contributed by atoms with E-state index >= 15 is 0 Å². The SMILES string of the molecule is CCCCCNC1CCc2c(cccc2Oc2ccc(C(N)=O)cn2)C1. The summed E-state index contributed by atoms with van der Waals surface area (Å²) >= 11 is 0. The summed E-state index contributed by atoms with van der Waals surface area (Å²) in [4.78, 5) is 15.3. The highest BCUT2D eigenvalue weighted by Gasteiger charge is 2.21. The number of hydrogen-bond donors (Lipinski definition) is 2. The number of nitrogens with two attached hydrogens (primary N) is 1. The summed E-state index contributed by atoms with van der Waals surface area (Å²) in [6, 6.07) is 10.1. The third-order valence-corrected chi connectivity index (χ3v) is 4.89. The predicted molar refractivity (Wildman–Crippen MR) is 103 cm³/mol. The third kappa shape index (κ3) is 4.61. The lowest BCUT2D eigenvalue weighted by Gasteiger charge is -2.27. The van der Waals surface area contributed by atoms with Gasteiger partial charge in [-0.15, -0.1) is 0 Å². The Morgan fingerprint density at radius 2 is 2.19 bits per heavy atom. The summed E-state index contributed by atoms with van der Waals surface area (Å²) in [5.74, 6) is 0.841. The lowest BCUT2D eigenvalue weighted by atomic mass is 9.87. The first-order valence-electron chi connectivity index (χ1n) is 9.45. The Morgan fingerprint density at radius 3 is 2.92 bits per heavy atom. The number of fused-ring (bicyclic) bond motifs is 1. The van der Waals surface area contributed by atoms with Crippen molar-refractivity contribution in [2.45, 2.75) is 51.5 Å². The molecule has 2 aromatic rings. The topological polar surface area (TPSA) is 77.2 Å². The fraction of sp³-hybridized carbons (Fsp3) is 0.429. The van der Waals surface area contributed by atoms with Crippen molar-refractivity contribution < 1.29 is 9.53 Å². The van der Waals surface area contributed by atoms with Gasteiger partial charge in [-0.1, -0.05) is 31.9 Å². The molecule has 1 amide bonds. The molecule has 1 aliphatic rings. The minimum Gasteiger partial charge on any atom is -0.439 e. The molecule has 0 fully saturated rings. The number of carbonyl (C=O) groups excluding carboxylic acids is 1. The highest BCUT2D eigenvalue weighted by Crippen LogP contribution is 2.32. The van der Waals surface area contributed by atoms with Crippen LogP contribution in [-0.4, -0.2) is 23.5 Å². The van der Waals surface area contributed by atoms with E-state index < -0.39 is 5.91 Å². The fourth-order valence-electron chi connectivity index (χ4n) is 3.42. The first kappa shape index (κ1) is 18.4. The molecule has 0 saturated carbocycles. The predicted octanol–water partition coefficient (Wildman–Crippen LogP) is 3.61. The van der Waals surface area contributed by atoms with Crippen LogP contribution < -0.4 is 15.8 Å². The fourth-order valence-corrected chi connectivity index (χ4v) is 3.42. The Bertz CT molecular complexity index is 743. The zero-order valence-electron chi connectivity index (χ0n) is 15.3. The van der Waals surface area contributed by atoms with Crippen LogP contribution in [-0.2, 0) is 12.8 Å². The molecule has 1 unspecified atom stereocenters. The molecule has 0 radical (unpaired) electrons. The van der Waals surface area contributed by atoms with E-state index in [1.54, 1.807) is 12.1 Å². The Hall–Kier alpha value is -2.40. The first-order valence-corrected chi connectivity index (χ1v) is 9.45. The number of ether oxygens (including phenoxy) is 1. The highest BCUT2D eigenvalue weighted by atomic mass is 16.5. The maximum Gasteiger partial charge on any atom is 0.250 e. The molecule has 138 valence electrons. The quantitative estimate of drug-likeness (QED) is 0.711. The van der Waals surface area contributed by atoms with E-state index in [1.807, 2.05) is 12.1 Å². The molecule has 3 N–H and O–H groups in total. The van der Waals surface area contributed by atoms with Gasteiger partial charge in [0, 0.05) is 18.3 Å². The van der Waals surface area contributed by atoms with E-state index in [9.17, 15) is 4.79 Å². The molecular formula is C21H27N3O2. The van der Waals surface area contributed by atoms with E-state index in [1.165, 1.54) is 36.6 Å². The van der Waals surface area contributed by atoms with Crippen LogP contribution in [0.4, 0.5) is 0 Å². The van der Waals surface area contributed by atoms with Crippen molar-refractivity contribution in [3.05, 3.63) is 53.2 Å². The summed E-state index contributed by atoms with van der Waals surface area (Å²) in [5.41, 5.74) is 8.23. The summed E-state index contributed by atoms with van der Waals surface area (Å²) in [5, 5.41) is 3.69. The van der Waals surface area contributed by atoms with E-state index in [0.717, 1.165) is 31.6 Å². The van der Waals surface area contributed by atoms with Gasteiger partial charge < -0.3 is 15.8 Å². The number of pyridine rings is 1. The Kier molecular flexibility index (Phi) is 6.23. The lowest BCUT2D eigenvalue weighted by Crippen LogP contribution is -2.35. The zero-order valence-corrected chi connectivity index (χ0v) is 15.3. The molecule has 1 aliphatic carbocycles. The van der Waals surface area contributed by atoms with Crippen LogP contribution >= 0.6 is 0 Å². The van der Waals surface area contributed by atoms with Gasteiger partial charge in [-0.3, -0.25) is 4.79 Å². The van der Waals surface area contributed by atoms with E-state index in [2.05, 4.69) is 23.3 Å². The van der Waals surface area contributed by atoms with Crippen LogP contribution in [0.1, 0.15) is 54.1 Å². The van der Waals surface area contributed by atoms with Crippen molar-refractivity contribution in [2.24, 2.45) is 5.73 Å². The molecule has 26 heavy (non-hydrogen) atoms. The number of unbranched alkanes of at least 4 members (excludes halogenated alkanes) is 2. The Morgan fingerprint density at radius 1 is 1.31 bits per heavy atom. The summed E-state index contributed by atoms with van der Waals surface area (Å²) in [7, 11) is 0. The standard InChI is InChI=1S/C21H27N3O2/c1-2-3-4-12-23-17-9-10-18-15(13-17)6-5-7-19(18)26-20-11-8-16(14-24-20)21(22)25/h5-8,11,14,17,23H,2-4,9-10,12-13H2,1H3,(H2,22,25). The molecule has 5 heteroatoms. The van der Waals surface area contributed by atoms with E-state index in [-0.39, 0.29) is 0 Å². The van der Waals surface area contributed by atoms with Crippen molar-refractivity contribution in [3.8, 4) is 11.6 Å². The number of amides is 1. The molecule has 1 aromatic heterocycles. The van der Waals surface area contributed by atoms with Gasteiger partial charge in [-0.2, -0.15) is 0 Å². The van der Waals surface area contributed by atoms with Gasteiger partial charge in [0.2, 0.25) is 11.8 Å². The van der Waals surface area contributed by atoms with Crippen molar-refractivity contribution in [2.75, 3.05) is 6.54 Å². The number of benzene rings is 1. The van der Waals surface area contributed by atoms with Gasteiger partial charge in [-0.25, -0.2) is 4.98 Å². The molecule has 0 aliphatic heterocycles. The summed E-state index contributed by atoms with van der Waals surface area (Å²) in [6.07, 6.45) is 8.38. The minimum atomic E-state index is -0.487. The van der Waals surface area contributed by atoms with Crippen LogP contribution in [0.5, 0.6) is 11.6 Å². The van der Waals surface area contributed by atoms with Crippen molar-refractivity contribution in [1.29, 1.82) is 0 Å². The molecule has 0 saturated heterocycles. The van der Waals surface area contributed by atoms with Crippen LogP contribution in [0.15, 0.2) is 36.5 Å². The average Bonchev–Trinajstić information content (AvgIpc) is 2.66. The van der Waals surface area contributed by atoms with Gasteiger partial charge >= 0.3 is 0 Å². The number of aromatic nitrogens is 1. The van der Waals surface area contributed by atoms with Gasteiger partial charge in [0.15, 0.2) is 0 Å². The average molecular weight is 353 g/mol. The van der Waals surface area contributed by atoms with Crippen LogP contribution in [0.3, 0.4) is 0 Å². The second-order valence-electron chi connectivity index (χ2n) is 6.85. The van der Waals surface area contributed by atoms with Gasteiger partial charge in [0.25, 0.3) is 0 Å². The Balaban J connectivity index is 1.65.